The smallest absolute Gasteiger partial charge is 0.0485 e. The Morgan fingerprint density at radius 2 is 1.83 bits per heavy atom. The number of piperidine rings is 1. The summed E-state index contributed by atoms with van der Waals surface area (Å²) in [7, 11) is 0. The summed E-state index contributed by atoms with van der Waals surface area (Å²) in [4.78, 5) is 2.49. The summed E-state index contributed by atoms with van der Waals surface area (Å²) < 4.78 is 0. The van der Waals surface area contributed by atoms with Crippen LogP contribution in [0.25, 0.3) is 0 Å². The number of nitrogens with one attached hydrogen (secondary N) is 1. The number of nitrogens with zero attached hydrogens (tertiary/aromatic N) is 1. The fourth-order valence-electron chi connectivity index (χ4n) is 3.42. The second-order valence-electron chi connectivity index (χ2n) is 6.88. The number of hydrogen-bond donors (Lipinski definition) is 2. The second-order valence-corrected chi connectivity index (χ2v) is 6.88. The molecular formula is C21H28N2O. The summed E-state index contributed by atoms with van der Waals surface area (Å²) in [6, 6.07) is 19.6. The van der Waals surface area contributed by atoms with E-state index in [1.807, 2.05) is 0 Å². The molecule has 3 rings (SSSR count). The fourth-order valence-corrected chi connectivity index (χ4v) is 3.42. The summed E-state index contributed by atoms with van der Waals surface area (Å²) in [5.41, 5.74) is 3.82. The SMILES string of the molecule is CC(Nc1cccc(CN2CCC(CO)CC2)c1)c1ccccc1. The minimum absolute atomic E-state index is 0.293. The third-order valence-corrected chi connectivity index (χ3v) is 4.98. The van der Waals surface area contributed by atoms with Crippen molar-refractivity contribution in [2.45, 2.75) is 32.4 Å². The van der Waals surface area contributed by atoms with Gasteiger partial charge < -0.3 is 10.4 Å². The standard InChI is InChI=1S/C21H28N2O/c1-17(20-7-3-2-4-8-20)22-21-9-5-6-19(14-21)15-23-12-10-18(16-24)11-13-23/h2-9,14,17-18,22,24H,10-13,15-16H2,1H3. The van der Waals surface area contributed by atoms with Crippen molar-refractivity contribution in [3.63, 3.8) is 0 Å². The van der Waals surface area contributed by atoms with E-state index < -0.39 is 0 Å². The fraction of sp³-hybridized carbons (Fsp3) is 0.429. The Bertz CT molecular complexity index is 621. The molecule has 0 amide bonds. The molecule has 2 aromatic rings. The molecule has 0 bridgehead atoms. The molecule has 2 aromatic carbocycles. The molecule has 1 aliphatic rings. The molecular weight excluding hydrogens is 296 g/mol. The summed E-state index contributed by atoms with van der Waals surface area (Å²) in [5, 5.41) is 12.9. The van der Waals surface area contributed by atoms with Gasteiger partial charge in [0.1, 0.15) is 0 Å². The summed E-state index contributed by atoms with van der Waals surface area (Å²) >= 11 is 0. The lowest BCUT2D eigenvalue weighted by Crippen LogP contribution is -2.34. The molecule has 128 valence electrons. The third kappa shape index (κ3) is 4.59. The van der Waals surface area contributed by atoms with Crippen LogP contribution >= 0.6 is 0 Å². The van der Waals surface area contributed by atoms with Crippen molar-refractivity contribution in [3.8, 4) is 0 Å². The number of anilines is 1. The van der Waals surface area contributed by atoms with Crippen LogP contribution in [-0.2, 0) is 6.54 Å². The third-order valence-electron chi connectivity index (χ3n) is 4.98. The van der Waals surface area contributed by atoms with E-state index in [9.17, 15) is 5.11 Å². The molecule has 1 heterocycles. The predicted molar refractivity (Wildman–Crippen MR) is 100 cm³/mol. The number of rotatable bonds is 6. The molecule has 1 unspecified atom stereocenters. The minimum atomic E-state index is 0.293. The average Bonchev–Trinajstić information content (AvgIpc) is 2.63. The van der Waals surface area contributed by atoms with Gasteiger partial charge in [-0.05, 0) is 62.0 Å². The molecule has 1 fully saturated rings. The number of likely N-dealkylation sites (tertiary alicyclic amines) is 1. The Morgan fingerprint density at radius 3 is 2.54 bits per heavy atom. The van der Waals surface area contributed by atoms with E-state index >= 15 is 0 Å². The molecule has 0 spiro atoms. The lowest BCUT2D eigenvalue weighted by Gasteiger charge is -2.31. The molecule has 1 saturated heterocycles. The highest BCUT2D eigenvalue weighted by Gasteiger charge is 2.18. The molecule has 3 heteroatoms. The maximum atomic E-state index is 9.25. The lowest BCUT2D eigenvalue weighted by molar-refractivity contribution is 0.127. The van der Waals surface area contributed by atoms with Crippen molar-refractivity contribution in [2.24, 2.45) is 5.92 Å². The Morgan fingerprint density at radius 1 is 1.08 bits per heavy atom. The highest BCUT2D eigenvalue weighted by molar-refractivity contribution is 5.47. The Hall–Kier alpha value is -1.84. The van der Waals surface area contributed by atoms with E-state index in [1.165, 1.54) is 16.8 Å². The zero-order valence-corrected chi connectivity index (χ0v) is 14.5. The normalized spacial score (nSPS) is 17.6. The monoisotopic (exact) mass is 324 g/mol. The maximum Gasteiger partial charge on any atom is 0.0485 e. The molecule has 3 nitrogen and oxygen atoms in total. The Kier molecular flexibility index (Phi) is 5.89. The molecule has 0 aromatic heterocycles. The predicted octanol–water partition coefficient (Wildman–Crippen LogP) is 4.06. The largest absolute Gasteiger partial charge is 0.396 e. The van der Waals surface area contributed by atoms with Gasteiger partial charge in [0, 0.05) is 24.9 Å². The van der Waals surface area contributed by atoms with Gasteiger partial charge in [0.25, 0.3) is 0 Å². The zero-order chi connectivity index (χ0) is 16.8. The minimum Gasteiger partial charge on any atom is -0.396 e. The lowest BCUT2D eigenvalue weighted by atomic mass is 9.97. The molecule has 24 heavy (non-hydrogen) atoms. The van der Waals surface area contributed by atoms with Crippen molar-refractivity contribution in [1.29, 1.82) is 0 Å². The van der Waals surface area contributed by atoms with Gasteiger partial charge >= 0.3 is 0 Å². The van der Waals surface area contributed by atoms with Gasteiger partial charge in [0.2, 0.25) is 0 Å². The molecule has 1 atom stereocenters. The van der Waals surface area contributed by atoms with Gasteiger partial charge in [-0.3, -0.25) is 4.90 Å². The quantitative estimate of drug-likeness (QED) is 0.841. The van der Waals surface area contributed by atoms with E-state index in [1.54, 1.807) is 0 Å². The summed E-state index contributed by atoms with van der Waals surface area (Å²) in [6.07, 6.45) is 2.22. The number of benzene rings is 2. The maximum absolute atomic E-state index is 9.25. The molecule has 0 radical (unpaired) electrons. The van der Waals surface area contributed by atoms with E-state index in [0.717, 1.165) is 32.5 Å². The molecule has 0 aliphatic carbocycles. The second kappa shape index (κ2) is 8.32. The van der Waals surface area contributed by atoms with Gasteiger partial charge in [0.05, 0.1) is 0 Å². The molecule has 1 aliphatic heterocycles. The van der Waals surface area contributed by atoms with Gasteiger partial charge in [-0.2, -0.15) is 0 Å². The Balaban J connectivity index is 1.58. The van der Waals surface area contributed by atoms with E-state index in [-0.39, 0.29) is 0 Å². The first kappa shape index (κ1) is 17.0. The highest BCUT2D eigenvalue weighted by atomic mass is 16.3. The first-order valence-electron chi connectivity index (χ1n) is 8.98. The topological polar surface area (TPSA) is 35.5 Å². The first-order chi connectivity index (χ1) is 11.7. The highest BCUT2D eigenvalue weighted by Crippen LogP contribution is 2.22. The summed E-state index contributed by atoms with van der Waals surface area (Å²) in [6.45, 7) is 5.70. The van der Waals surface area contributed by atoms with Crippen LogP contribution in [0, 0.1) is 5.92 Å². The van der Waals surface area contributed by atoms with Crippen LogP contribution in [0.5, 0.6) is 0 Å². The van der Waals surface area contributed by atoms with Crippen LogP contribution in [0.4, 0.5) is 5.69 Å². The number of aliphatic hydroxyl groups is 1. The van der Waals surface area contributed by atoms with E-state index in [2.05, 4.69) is 71.7 Å². The average molecular weight is 324 g/mol. The van der Waals surface area contributed by atoms with Gasteiger partial charge in [-0.15, -0.1) is 0 Å². The number of hydrogen-bond acceptors (Lipinski definition) is 3. The van der Waals surface area contributed by atoms with Crippen LogP contribution in [0.2, 0.25) is 0 Å². The van der Waals surface area contributed by atoms with Crippen LogP contribution in [0.1, 0.15) is 36.9 Å². The van der Waals surface area contributed by atoms with E-state index in [0.29, 0.717) is 18.6 Å². The van der Waals surface area contributed by atoms with Crippen molar-refractivity contribution in [2.75, 3.05) is 25.0 Å². The first-order valence-corrected chi connectivity index (χ1v) is 8.98. The van der Waals surface area contributed by atoms with Gasteiger partial charge in [0.15, 0.2) is 0 Å². The molecule has 2 N–H and O–H groups in total. The van der Waals surface area contributed by atoms with Crippen molar-refractivity contribution < 1.29 is 5.11 Å². The van der Waals surface area contributed by atoms with E-state index in [4.69, 9.17) is 0 Å². The van der Waals surface area contributed by atoms with Crippen LogP contribution in [0.15, 0.2) is 54.6 Å². The van der Waals surface area contributed by atoms with Crippen molar-refractivity contribution >= 4 is 5.69 Å². The van der Waals surface area contributed by atoms with Gasteiger partial charge in [-0.1, -0.05) is 42.5 Å². The zero-order valence-electron chi connectivity index (χ0n) is 14.5. The molecule has 0 saturated carbocycles. The van der Waals surface area contributed by atoms with Crippen LogP contribution < -0.4 is 5.32 Å². The van der Waals surface area contributed by atoms with Crippen molar-refractivity contribution in [1.82, 2.24) is 4.90 Å². The van der Waals surface area contributed by atoms with Gasteiger partial charge in [-0.25, -0.2) is 0 Å². The van der Waals surface area contributed by atoms with Crippen LogP contribution in [-0.4, -0.2) is 29.7 Å². The summed E-state index contributed by atoms with van der Waals surface area (Å²) in [5.74, 6) is 0.501. The van der Waals surface area contributed by atoms with Crippen molar-refractivity contribution in [3.05, 3.63) is 65.7 Å². The Labute approximate surface area is 145 Å². The van der Waals surface area contributed by atoms with Crippen LogP contribution in [0.3, 0.4) is 0 Å². The number of aliphatic hydroxyl groups excluding tert-OH is 1.